The van der Waals surface area contributed by atoms with Crippen molar-refractivity contribution < 1.29 is 24.5 Å². The summed E-state index contributed by atoms with van der Waals surface area (Å²) < 4.78 is 6.03. The lowest BCUT2D eigenvalue weighted by molar-refractivity contribution is -0.143. The van der Waals surface area contributed by atoms with E-state index in [4.69, 9.17) is 26.6 Å². The largest absolute Gasteiger partial charge is 0.480 e. The lowest BCUT2D eigenvalue weighted by Crippen LogP contribution is -2.46. The first-order chi connectivity index (χ1) is 9.85. The fourth-order valence-corrected chi connectivity index (χ4v) is 2.27. The topological polar surface area (TPSA) is 95.9 Å². The lowest BCUT2D eigenvalue weighted by Gasteiger charge is -2.19. The van der Waals surface area contributed by atoms with Crippen LogP contribution >= 0.6 is 27.5 Å². The van der Waals surface area contributed by atoms with Crippen LogP contribution in [0.3, 0.4) is 0 Å². The second-order valence-electron chi connectivity index (χ2n) is 4.25. The van der Waals surface area contributed by atoms with Gasteiger partial charge in [0.05, 0.1) is 4.47 Å². The van der Waals surface area contributed by atoms with E-state index in [2.05, 4.69) is 21.2 Å². The molecule has 0 radical (unpaired) electrons. The number of aliphatic hydroxyl groups excluding tert-OH is 1. The van der Waals surface area contributed by atoms with Crippen LogP contribution in [-0.4, -0.2) is 40.8 Å². The van der Waals surface area contributed by atoms with Gasteiger partial charge in [-0.1, -0.05) is 11.6 Å². The second-order valence-corrected chi connectivity index (χ2v) is 5.54. The fourth-order valence-electron chi connectivity index (χ4n) is 1.49. The van der Waals surface area contributed by atoms with Gasteiger partial charge in [0.1, 0.15) is 11.8 Å². The number of rotatable bonds is 7. The number of ether oxygens (including phenoxy) is 1. The van der Waals surface area contributed by atoms with Crippen LogP contribution in [0.25, 0.3) is 0 Å². The van der Waals surface area contributed by atoms with Crippen molar-refractivity contribution in [2.75, 3.05) is 6.61 Å². The normalized spacial score (nSPS) is 13.3. The average molecular weight is 381 g/mol. The van der Waals surface area contributed by atoms with Gasteiger partial charge in [0.25, 0.3) is 5.91 Å². The summed E-state index contributed by atoms with van der Waals surface area (Å²) in [5, 5.41) is 20.5. The van der Waals surface area contributed by atoms with Crippen molar-refractivity contribution >= 4 is 39.4 Å². The first-order valence-corrected chi connectivity index (χ1v) is 7.28. The zero-order chi connectivity index (χ0) is 16.0. The Labute approximate surface area is 135 Å². The lowest BCUT2D eigenvalue weighted by atomic mass is 10.2. The van der Waals surface area contributed by atoms with E-state index in [0.29, 0.717) is 15.2 Å². The summed E-state index contributed by atoms with van der Waals surface area (Å²) in [6, 6.07) is 3.67. The number of benzene rings is 1. The van der Waals surface area contributed by atoms with Gasteiger partial charge in [0.15, 0.2) is 6.10 Å². The number of halogens is 2. The molecule has 8 heteroatoms. The molecule has 1 aromatic rings. The van der Waals surface area contributed by atoms with E-state index in [9.17, 15) is 9.59 Å². The van der Waals surface area contributed by atoms with Crippen molar-refractivity contribution in [2.24, 2.45) is 0 Å². The molecule has 3 N–H and O–H groups in total. The molecule has 116 valence electrons. The molecule has 0 fully saturated rings. The number of nitrogens with one attached hydrogen (secondary N) is 1. The van der Waals surface area contributed by atoms with Gasteiger partial charge < -0.3 is 20.3 Å². The van der Waals surface area contributed by atoms with Gasteiger partial charge in [0.2, 0.25) is 0 Å². The van der Waals surface area contributed by atoms with Crippen LogP contribution in [0.4, 0.5) is 0 Å². The van der Waals surface area contributed by atoms with Crippen LogP contribution < -0.4 is 10.1 Å². The summed E-state index contributed by atoms with van der Waals surface area (Å²) in [7, 11) is 0. The molecular weight excluding hydrogens is 366 g/mol. The Morgan fingerprint density at radius 3 is 2.67 bits per heavy atom. The number of hydrogen-bond donors (Lipinski definition) is 3. The first-order valence-electron chi connectivity index (χ1n) is 6.11. The monoisotopic (exact) mass is 379 g/mol. The third-order valence-electron chi connectivity index (χ3n) is 2.60. The van der Waals surface area contributed by atoms with Crippen LogP contribution in [0.5, 0.6) is 5.75 Å². The van der Waals surface area contributed by atoms with Crippen LogP contribution in [0.1, 0.15) is 13.3 Å². The summed E-state index contributed by atoms with van der Waals surface area (Å²) in [4.78, 5) is 22.8. The van der Waals surface area contributed by atoms with E-state index >= 15 is 0 Å². The summed E-state index contributed by atoms with van der Waals surface area (Å²) >= 11 is 9.06. The van der Waals surface area contributed by atoms with E-state index in [1.165, 1.54) is 6.92 Å². The van der Waals surface area contributed by atoms with Crippen molar-refractivity contribution in [1.82, 2.24) is 5.32 Å². The number of amides is 1. The molecule has 0 bridgehead atoms. The predicted molar refractivity (Wildman–Crippen MR) is 80.5 cm³/mol. The maximum absolute atomic E-state index is 11.9. The number of aliphatic hydroxyl groups is 1. The van der Waals surface area contributed by atoms with Gasteiger partial charge in [-0.3, -0.25) is 4.79 Å². The van der Waals surface area contributed by atoms with Crippen molar-refractivity contribution in [3.05, 3.63) is 27.7 Å². The molecule has 0 aliphatic rings. The standard InChI is InChI=1S/C13H15BrClNO5/c1-7(12(18)16-10(4-5-17)13(19)20)21-11-3-2-8(15)6-9(11)14/h2-3,6-7,10,17H,4-5H2,1H3,(H,16,18)(H,19,20)/t7?,10-/m1/s1. The Bertz CT molecular complexity index is 525. The Morgan fingerprint density at radius 1 is 1.48 bits per heavy atom. The molecule has 0 saturated carbocycles. The second kappa shape index (κ2) is 8.21. The van der Waals surface area contributed by atoms with E-state index in [-0.39, 0.29) is 13.0 Å². The van der Waals surface area contributed by atoms with Crippen LogP contribution in [0.2, 0.25) is 5.02 Å². The minimum atomic E-state index is -1.21. The highest BCUT2D eigenvalue weighted by Crippen LogP contribution is 2.28. The molecule has 0 spiro atoms. The highest BCUT2D eigenvalue weighted by Gasteiger charge is 2.23. The molecule has 1 aromatic carbocycles. The van der Waals surface area contributed by atoms with Crippen LogP contribution in [0.15, 0.2) is 22.7 Å². The molecule has 0 aromatic heterocycles. The summed E-state index contributed by atoms with van der Waals surface area (Å²) in [6.07, 6.45) is -0.971. The van der Waals surface area contributed by atoms with Gasteiger partial charge in [0, 0.05) is 18.1 Å². The number of carbonyl (C=O) groups is 2. The molecule has 2 atom stereocenters. The summed E-state index contributed by atoms with van der Waals surface area (Å²) in [5.74, 6) is -1.38. The van der Waals surface area contributed by atoms with Crippen molar-refractivity contribution in [3.63, 3.8) is 0 Å². The number of carbonyl (C=O) groups excluding carboxylic acids is 1. The number of carboxylic acids is 1. The zero-order valence-electron chi connectivity index (χ0n) is 11.2. The Hall–Kier alpha value is -1.31. The van der Waals surface area contributed by atoms with Crippen molar-refractivity contribution in [3.8, 4) is 5.75 Å². The fraction of sp³-hybridized carbons (Fsp3) is 0.385. The third-order valence-corrected chi connectivity index (χ3v) is 3.45. The SMILES string of the molecule is CC(Oc1ccc(Cl)cc1Br)C(=O)N[C@H](CCO)C(=O)O. The smallest absolute Gasteiger partial charge is 0.326 e. The molecule has 0 aliphatic heterocycles. The van der Waals surface area contributed by atoms with Gasteiger partial charge >= 0.3 is 5.97 Å². The minimum absolute atomic E-state index is 0.0710. The van der Waals surface area contributed by atoms with E-state index in [1.807, 2.05) is 0 Å². The Balaban J connectivity index is 2.67. The van der Waals surface area contributed by atoms with Crippen LogP contribution in [0, 0.1) is 0 Å². The first kappa shape index (κ1) is 17.7. The van der Waals surface area contributed by atoms with E-state index < -0.39 is 24.0 Å². The maximum atomic E-state index is 11.9. The molecular formula is C13H15BrClNO5. The highest BCUT2D eigenvalue weighted by atomic mass is 79.9. The molecule has 0 saturated heterocycles. The quantitative estimate of drug-likeness (QED) is 0.670. The minimum Gasteiger partial charge on any atom is -0.480 e. The van der Waals surface area contributed by atoms with Crippen molar-refractivity contribution in [2.45, 2.75) is 25.5 Å². The molecule has 1 amide bonds. The zero-order valence-corrected chi connectivity index (χ0v) is 13.5. The molecule has 6 nitrogen and oxygen atoms in total. The Kier molecular flexibility index (Phi) is 6.94. The Morgan fingerprint density at radius 2 is 2.14 bits per heavy atom. The highest BCUT2D eigenvalue weighted by molar-refractivity contribution is 9.10. The number of hydrogen-bond acceptors (Lipinski definition) is 4. The molecule has 1 unspecified atom stereocenters. The van der Waals surface area contributed by atoms with Crippen molar-refractivity contribution in [1.29, 1.82) is 0 Å². The molecule has 1 rings (SSSR count). The van der Waals surface area contributed by atoms with Gasteiger partial charge in [-0.2, -0.15) is 0 Å². The molecule has 21 heavy (non-hydrogen) atoms. The number of aliphatic carboxylic acids is 1. The third kappa shape index (κ3) is 5.53. The molecule has 0 aliphatic carbocycles. The average Bonchev–Trinajstić information content (AvgIpc) is 2.41. The summed E-state index contributed by atoms with van der Waals surface area (Å²) in [6.45, 7) is 1.16. The van der Waals surface area contributed by atoms with Gasteiger partial charge in [-0.25, -0.2) is 4.79 Å². The van der Waals surface area contributed by atoms with E-state index in [0.717, 1.165) is 0 Å². The predicted octanol–water partition coefficient (Wildman–Crippen LogP) is 1.82. The van der Waals surface area contributed by atoms with E-state index in [1.54, 1.807) is 18.2 Å². The number of carboxylic acid groups (broad SMARTS) is 1. The maximum Gasteiger partial charge on any atom is 0.326 e. The van der Waals surface area contributed by atoms with Gasteiger partial charge in [-0.05, 0) is 41.1 Å². The van der Waals surface area contributed by atoms with Gasteiger partial charge in [-0.15, -0.1) is 0 Å². The summed E-state index contributed by atoms with van der Waals surface area (Å²) in [5.41, 5.74) is 0. The van der Waals surface area contributed by atoms with Crippen LogP contribution in [-0.2, 0) is 9.59 Å². The molecule has 0 heterocycles.